The van der Waals surface area contributed by atoms with E-state index in [0.717, 1.165) is 4.47 Å². The quantitative estimate of drug-likeness (QED) is 0.807. The Morgan fingerprint density at radius 1 is 1.33 bits per heavy atom. The number of aromatic nitrogens is 1. The number of hydrogen-bond acceptors (Lipinski definition) is 3. The molecule has 0 bridgehead atoms. The van der Waals surface area contributed by atoms with Crippen LogP contribution in [0.1, 0.15) is 16.1 Å². The number of rotatable bonds is 3. The van der Waals surface area contributed by atoms with Crippen LogP contribution >= 0.6 is 27.5 Å². The third kappa shape index (κ3) is 2.71. The Morgan fingerprint density at radius 2 is 2.11 bits per heavy atom. The van der Waals surface area contributed by atoms with Crippen LogP contribution in [-0.4, -0.2) is 17.9 Å². The number of ether oxygens (including phenoxy) is 1. The van der Waals surface area contributed by atoms with Gasteiger partial charge in [0, 0.05) is 16.2 Å². The molecule has 0 saturated heterocycles. The zero-order valence-electron chi connectivity index (χ0n) is 9.48. The topological polar surface area (TPSA) is 39.2 Å². The summed E-state index contributed by atoms with van der Waals surface area (Å²) in [5, 5.41) is 0.470. The molecule has 3 nitrogen and oxygen atoms in total. The molecule has 92 valence electrons. The fraction of sp³-hybridized carbons (Fsp3) is 0.0769. The lowest BCUT2D eigenvalue weighted by molar-refractivity contribution is 0.103. The van der Waals surface area contributed by atoms with Crippen LogP contribution in [0, 0.1) is 0 Å². The number of carbonyl (C=O) groups is 1. The Hall–Kier alpha value is -1.39. The average molecular weight is 327 g/mol. The first-order valence-corrected chi connectivity index (χ1v) is 6.28. The third-order valence-electron chi connectivity index (χ3n) is 2.37. The number of methoxy groups -OCH3 is 1. The maximum Gasteiger partial charge on any atom is 0.211 e. The number of halogens is 2. The summed E-state index contributed by atoms with van der Waals surface area (Å²) in [5.41, 5.74) is 0.869. The molecule has 0 aliphatic rings. The van der Waals surface area contributed by atoms with E-state index in [4.69, 9.17) is 16.3 Å². The summed E-state index contributed by atoms with van der Waals surface area (Å²) in [6.07, 6.45) is 1.58. The van der Waals surface area contributed by atoms with Gasteiger partial charge in [0.1, 0.15) is 11.4 Å². The van der Waals surface area contributed by atoms with Crippen LogP contribution in [0.25, 0.3) is 0 Å². The van der Waals surface area contributed by atoms with Gasteiger partial charge in [-0.25, -0.2) is 0 Å². The van der Waals surface area contributed by atoms with E-state index < -0.39 is 0 Å². The number of nitrogens with zero attached hydrogens (tertiary/aromatic N) is 1. The van der Waals surface area contributed by atoms with Crippen LogP contribution in [0.15, 0.2) is 41.0 Å². The van der Waals surface area contributed by atoms with Gasteiger partial charge in [-0.3, -0.25) is 9.78 Å². The molecule has 0 unspecified atom stereocenters. The van der Waals surface area contributed by atoms with E-state index in [1.54, 1.807) is 36.5 Å². The zero-order chi connectivity index (χ0) is 13.1. The van der Waals surface area contributed by atoms with Gasteiger partial charge < -0.3 is 4.74 Å². The number of carbonyl (C=O) groups excluding carboxylic acids is 1. The molecule has 1 aromatic carbocycles. The van der Waals surface area contributed by atoms with Crippen molar-refractivity contribution in [2.75, 3.05) is 7.11 Å². The first-order valence-electron chi connectivity index (χ1n) is 5.11. The molecule has 2 aromatic rings. The minimum Gasteiger partial charge on any atom is -0.495 e. The summed E-state index contributed by atoms with van der Waals surface area (Å²) in [4.78, 5) is 16.2. The highest BCUT2D eigenvalue weighted by Crippen LogP contribution is 2.26. The van der Waals surface area contributed by atoms with E-state index in [-0.39, 0.29) is 5.78 Å². The standard InChI is InChI=1S/C13H9BrClNO2/c1-18-12-6-8(2-4-10(12)15)13(17)11-5-3-9(14)7-16-11/h2-7H,1H3. The normalized spacial score (nSPS) is 10.2. The lowest BCUT2D eigenvalue weighted by atomic mass is 10.1. The summed E-state index contributed by atoms with van der Waals surface area (Å²) in [6.45, 7) is 0. The molecule has 1 aromatic heterocycles. The highest BCUT2D eigenvalue weighted by molar-refractivity contribution is 9.10. The van der Waals surface area contributed by atoms with Gasteiger partial charge in [0.2, 0.25) is 5.78 Å². The van der Waals surface area contributed by atoms with Gasteiger partial charge in [-0.15, -0.1) is 0 Å². The molecule has 2 rings (SSSR count). The van der Waals surface area contributed by atoms with E-state index in [2.05, 4.69) is 20.9 Å². The summed E-state index contributed by atoms with van der Waals surface area (Å²) in [6, 6.07) is 8.32. The van der Waals surface area contributed by atoms with Gasteiger partial charge in [-0.05, 0) is 46.3 Å². The van der Waals surface area contributed by atoms with Crippen molar-refractivity contribution in [2.45, 2.75) is 0 Å². The fourth-order valence-corrected chi connectivity index (χ4v) is 1.89. The number of hydrogen-bond donors (Lipinski definition) is 0. The van der Waals surface area contributed by atoms with Crippen molar-refractivity contribution < 1.29 is 9.53 Å². The molecule has 1 heterocycles. The molecule has 5 heteroatoms. The Morgan fingerprint density at radius 3 is 2.72 bits per heavy atom. The van der Waals surface area contributed by atoms with Crippen LogP contribution in [0.5, 0.6) is 5.75 Å². The second-order valence-corrected chi connectivity index (χ2v) is 4.86. The largest absolute Gasteiger partial charge is 0.495 e. The smallest absolute Gasteiger partial charge is 0.211 e. The summed E-state index contributed by atoms with van der Waals surface area (Å²) in [7, 11) is 1.51. The van der Waals surface area contributed by atoms with Crippen molar-refractivity contribution in [1.82, 2.24) is 4.98 Å². The SMILES string of the molecule is COc1cc(C(=O)c2ccc(Br)cn2)ccc1Cl. The summed E-state index contributed by atoms with van der Waals surface area (Å²) >= 11 is 9.18. The van der Waals surface area contributed by atoms with Gasteiger partial charge in [0.15, 0.2) is 0 Å². The van der Waals surface area contributed by atoms with Crippen LogP contribution in [0.4, 0.5) is 0 Å². The van der Waals surface area contributed by atoms with Gasteiger partial charge in [0.05, 0.1) is 12.1 Å². The highest BCUT2D eigenvalue weighted by Gasteiger charge is 2.12. The second-order valence-electron chi connectivity index (χ2n) is 3.54. The Bertz CT molecular complexity index is 584. The summed E-state index contributed by atoms with van der Waals surface area (Å²) < 4.78 is 5.91. The summed E-state index contributed by atoms with van der Waals surface area (Å²) in [5.74, 6) is 0.303. The number of pyridine rings is 1. The number of benzene rings is 1. The fourth-order valence-electron chi connectivity index (χ4n) is 1.46. The van der Waals surface area contributed by atoms with Crippen LogP contribution in [0.3, 0.4) is 0 Å². The second kappa shape index (κ2) is 5.50. The van der Waals surface area contributed by atoms with E-state index in [1.165, 1.54) is 7.11 Å². The average Bonchev–Trinajstić information content (AvgIpc) is 2.39. The van der Waals surface area contributed by atoms with Crippen LogP contribution in [0.2, 0.25) is 5.02 Å². The van der Waals surface area contributed by atoms with E-state index in [1.807, 2.05) is 0 Å². The Balaban J connectivity index is 2.37. The Labute approximate surface area is 118 Å². The van der Waals surface area contributed by atoms with Crippen LogP contribution in [-0.2, 0) is 0 Å². The minimum absolute atomic E-state index is 0.169. The maximum atomic E-state index is 12.2. The van der Waals surface area contributed by atoms with Crippen molar-refractivity contribution in [3.8, 4) is 5.75 Å². The van der Waals surface area contributed by atoms with E-state index >= 15 is 0 Å². The number of ketones is 1. The molecular formula is C13H9BrClNO2. The molecule has 0 fully saturated rings. The van der Waals surface area contributed by atoms with Gasteiger partial charge in [-0.2, -0.15) is 0 Å². The van der Waals surface area contributed by atoms with Crippen molar-refractivity contribution in [2.24, 2.45) is 0 Å². The van der Waals surface area contributed by atoms with E-state index in [0.29, 0.717) is 22.0 Å². The molecule has 18 heavy (non-hydrogen) atoms. The van der Waals surface area contributed by atoms with E-state index in [9.17, 15) is 4.79 Å². The van der Waals surface area contributed by atoms with Crippen molar-refractivity contribution in [1.29, 1.82) is 0 Å². The van der Waals surface area contributed by atoms with Gasteiger partial charge >= 0.3 is 0 Å². The highest BCUT2D eigenvalue weighted by atomic mass is 79.9. The lowest BCUT2D eigenvalue weighted by Crippen LogP contribution is -2.04. The van der Waals surface area contributed by atoms with Gasteiger partial charge in [0.25, 0.3) is 0 Å². The van der Waals surface area contributed by atoms with Gasteiger partial charge in [-0.1, -0.05) is 11.6 Å². The van der Waals surface area contributed by atoms with Crippen molar-refractivity contribution in [3.63, 3.8) is 0 Å². The molecule has 0 saturated carbocycles. The molecule has 0 amide bonds. The first kappa shape index (κ1) is 13.1. The van der Waals surface area contributed by atoms with Crippen molar-refractivity contribution in [3.05, 3.63) is 57.3 Å². The maximum absolute atomic E-state index is 12.2. The third-order valence-corrected chi connectivity index (χ3v) is 3.15. The Kier molecular flexibility index (Phi) is 3.99. The predicted octanol–water partition coefficient (Wildman–Crippen LogP) is 3.74. The van der Waals surface area contributed by atoms with Crippen LogP contribution < -0.4 is 4.74 Å². The molecule has 0 aliphatic carbocycles. The molecule has 0 spiro atoms. The molecular weight excluding hydrogens is 318 g/mol. The molecule has 0 radical (unpaired) electrons. The molecule has 0 N–H and O–H groups in total. The lowest BCUT2D eigenvalue weighted by Gasteiger charge is -2.05. The predicted molar refractivity (Wildman–Crippen MR) is 73.4 cm³/mol. The zero-order valence-corrected chi connectivity index (χ0v) is 11.8. The first-order chi connectivity index (χ1) is 8.61. The molecule has 0 atom stereocenters. The monoisotopic (exact) mass is 325 g/mol. The van der Waals surface area contributed by atoms with Crippen molar-refractivity contribution >= 4 is 33.3 Å². The minimum atomic E-state index is -0.169. The molecule has 0 aliphatic heterocycles.